The van der Waals surface area contributed by atoms with Gasteiger partial charge in [-0.1, -0.05) is 6.92 Å². The van der Waals surface area contributed by atoms with Crippen molar-refractivity contribution in [2.45, 2.75) is 32.7 Å². The highest BCUT2D eigenvalue weighted by Crippen LogP contribution is 2.16. The molecule has 1 amide bonds. The molecule has 2 rings (SSSR count). The predicted molar refractivity (Wildman–Crippen MR) is 69.4 cm³/mol. The largest absolute Gasteiger partial charge is 0.345 e. The molecule has 1 saturated heterocycles. The summed E-state index contributed by atoms with van der Waals surface area (Å²) >= 11 is 0. The van der Waals surface area contributed by atoms with Gasteiger partial charge in [-0.05, 0) is 30.9 Å². The summed E-state index contributed by atoms with van der Waals surface area (Å²) in [4.78, 5) is 24.8. The number of aromatic nitrogens is 1. The van der Waals surface area contributed by atoms with E-state index in [1.54, 1.807) is 6.07 Å². The number of likely N-dealkylation sites (tertiary alicyclic amines) is 1. The molecule has 1 fully saturated rings. The fourth-order valence-corrected chi connectivity index (χ4v) is 2.53. The molecule has 1 unspecified atom stereocenters. The minimum atomic E-state index is 0.201. The first-order valence-corrected chi connectivity index (χ1v) is 6.59. The Hall–Kier alpha value is -1.58. The number of carbonyl (C=O) groups is 2. The van der Waals surface area contributed by atoms with Gasteiger partial charge in [0.25, 0.3) is 0 Å². The number of nitrogens with zero attached hydrogens (tertiary/aromatic N) is 2. The van der Waals surface area contributed by atoms with E-state index in [1.165, 1.54) is 6.42 Å². The summed E-state index contributed by atoms with van der Waals surface area (Å²) in [5.74, 6) is 0.812. The van der Waals surface area contributed by atoms with Crippen molar-refractivity contribution in [3.8, 4) is 0 Å². The highest BCUT2D eigenvalue weighted by atomic mass is 16.2. The fourth-order valence-electron chi connectivity index (χ4n) is 2.53. The third-order valence-corrected chi connectivity index (χ3v) is 3.56. The lowest BCUT2D eigenvalue weighted by Gasteiger charge is -2.31. The number of hydrogen-bond donors (Lipinski definition) is 0. The Kier molecular flexibility index (Phi) is 4.18. The van der Waals surface area contributed by atoms with Crippen molar-refractivity contribution in [2.24, 2.45) is 5.92 Å². The van der Waals surface area contributed by atoms with Crippen molar-refractivity contribution in [1.29, 1.82) is 0 Å². The maximum Gasteiger partial charge on any atom is 0.224 e. The first-order chi connectivity index (χ1) is 8.70. The average molecular weight is 248 g/mol. The molecule has 1 aliphatic rings. The molecule has 0 N–H and O–H groups in total. The zero-order chi connectivity index (χ0) is 13.0. The molecule has 2 heterocycles. The summed E-state index contributed by atoms with van der Waals surface area (Å²) in [7, 11) is 0. The molecule has 0 aliphatic carbocycles. The minimum absolute atomic E-state index is 0.201. The quantitative estimate of drug-likeness (QED) is 0.764. The number of piperidine rings is 1. The third-order valence-electron chi connectivity index (χ3n) is 3.56. The summed E-state index contributed by atoms with van der Waals surface area (Å²) in [6, 6.07) is 3.59. The second-order valence-corrected chi connectivity index (χ2v) is 5.08. The van der Waals surface area contributed by atoms with Gasteiger partial charge in [-0.15, -0.1) is 0 Å². The number of aryl methyl sites for hydroxylation is 1. The maximum atomic E-state index is 12.1. The monoisotopic (exact) mass is 248 g/mol. The van der Waals surface area contributed by atoms with Crippen LogP contribution in [0.2, 0.25) is 0 Å². The van der Waals surface area contributed by atoms with Crippen molar-refractivity contribution in [2.75, 3.05) is 13.1 Å². The van der Waals surface area contributed by atoms with Gasteiger partial charge in [0.05, 0.1) is 5.69 Å². The number of aldehydes is 1. The van der Waals surface area contributed by atoms with E-state index in [-0.39, 0.29) is 5.91 Å². The summed E-state index contributed by atoms with van der Waals surface area (Å²) in [5.41, 5.74) is 0.634. The molecule has 18 heavy (non-hydrogen) atoms. The number of amides is 1. The predicted octanol–water partition coefficient (Wildman–Crippen LogP) is 1.95. The average Bonchev–Trinajstić information content (AvgIpc) is 2.83. The molecular formula is C14H20N2O2. The molecule has 98 valence electrons. The van der Waals surface area contributed by atoms with Crippen LogP contribution in [0.4, 0.5) is 0 Å². The van der Waals surface area contributed by atoms with E-state index in [0.717, 1.165) is 25.8 Å². The number of rotatable bonds is 4. The molecule has 1 atom stereocenters. The van der Waals surface area contributed by atoms with Crippen molar-refractivity contribution in [3.63, 3.8) is 0 Å². The Morgan fingerprint density at radius 2 is 2.39 bits per heavy atom. The first-order valence-electron chi connectivity index (χ1n) is 6.59. The van der Waals surface area contributed by atoms with Gasteiger partial charge in [0.2, 0.25) is 5.91 Å². The minimum Gasteiger partial charge on any atom is -0.345 e. The molecule has 0 bridgehead atoms. The highest BCUT2D eigenvalue weighted by Gasteiger charge is 2.20. The highest BCUT2D eigenvalue weighted by molar-refractivity contribution is 5.76. The lowest BCUT2D eigenvalue weighted by atomic mass is 10.00. The van der Waals surface area contributed by atoms with Crippen molar-refractivity contribution in [1.82, 2.24) is 9.47 Å². The van der Waals surface area contributed by atoms with Crippen molar-refractivity contribution >= 4 is 12.2 Å². The van der Waals surface area contributed by atoms with E-state index < -0.39 is 0 Å². The summed E-state index contributed by atoms with van der Waals surface area (Å²) < 4.78 is 1.83. The molecule has 0 spiro atoms. The van der Waals surface area contributed by atoms with Gasteiger partial charge in [0, 0.05) is 32.3 Å². The summed E-state index contributed by atoms with van der Waals surface area (Å²) in [5, 5.41) is 0. The Morgan fingerprint density at radius 3 is 3.11 bits per heavy atom. The Balaban J connectivity index is 1.86. The summed E-state index contributed by atoms with van der Waals surface area (Å²) in [6.07, 6.45) is 5.47. The van der Waals surface area contributed by atoms with Crippen LogP contribution in [-0.2, 0) is 11.3 Å². The smallest absolute Gasteiger partial charge is 0.224 e. The lowest BCUT2D eigenvalue weighted by molar-refractivity contribution is -0.133. The van der Waals surface area contributed by atoms with E-state index in [4.69, 9.17) is 0 Å². The van der Waals surface area contributed by atoms with Crippen LogP contribution < -0.4 is 0 Å². The maximum absolute atomic E-state index is 12.1. The molecule has 0 radical (unpaired) electrons. The second-order valence-electron chi connectivity index (χ2n) is 5.08. The Labute approximate surface area is 108 Å². The summed E-state index contributed by atoms with van der Waals surface area (Å²) in [6.45, 7) is 4.54. The zero-order valence-corrected chi connectivity index (χ0v) is 10.8. The van der Waals surface area contributed by atoms with Crippen LogP contribution in [0.5, 0.6) is 0 Å². The van der Waals surface area contributed by atoms with Crippen LogP contribution in [0.1, 0.15) is 36.7 Å². The van der Waals surface area contributed by atoms with E-state index in [1.807, 2.05) is 21.7 Å². The molecular weight excluding hydrogens is 228 g/mol. The Bertz CT molecular complexity index is 425. The van der Waals surface area contributed by atoms with Gasteiger partial charge in [-0.3, -0.25) is 9.59 Å². The van der Waals surface area contributed by atoms with Gasteiger partial charge in [-0.2, -0.15) is 0 Å². The molecule has 0 saturated carbocycles. The topological polar surface area (TPSA) is 42.3 Å². The van der Waals surface area contributed by atoms with E-state index in [0.29, 0.717) is 24.6 Å². The lowest BCUT2D eigenvalue weighted by Crippen LogP contribution is -2.39. The van der Waals surface area contributed by atoms with Crippen LogP contribution in [-0.4, -0.2) is 34.7 Å². The van der Waals surface area contributed by atoms with Gasteiger partial charge < -0.3 is 9.47 Å². The van der Waals surface area contributed by atoms with Crippen LogP contribution in [0.3, 0.4) is 0 Å². The van der Waals surface area contributed by atoms with E-state index in [2.05, 4.69) is 6.92 Å². The fraction of sp³-hybridized carbons (Fsp3) is 0.571. The van der Waals surface area contributed by atoms with Crippen LogP contribution in [0, 0.1) is 5.92 Å². The first kappa shape index (κ1) is 12.9. The molecule has 0 aromatic carbocycles. The molecule has 1 aliphatic heterocycles. The SMILES string of the molecule is CC1CCCN(C(=O)CCn2cccc2C=O)C1. The molecule has 1 aromatic rings. The van der Waals surface area contributed by atoms with Crippen LogP contribution in [0.15, 0.2) is 18.3 Å². The number of carbonyl (C=O) groups excluding carboxylic acids is 2. The van der Waals surface area contributed by atoms with Gasteiger partial charge in [0.1, 0.15) is 0 Å². The molecule has 4 heteroatoms. The molecule has 1 aromatic heterocycles. The van der Waals surface area contributed by atoms with E-state index >= 15 is 0 Å². The Morgan fingerprint density at radius 1 is 1.56 bits per heavy atom. The van der Waals surface area contributed by atoms with Crippen LogP contribution >= 0.6 is 0 Å². The van der Waals surface area contributed by atoms with E-state index in [9.17, 15) is 9.59 Å². The van der Waals surface area contributed by atoms with Gasteiger partial charge >= 0.3 is 0 Å². The number of hydrogen-bond acceptors (Lipinski definition) is 2. The third kappa shape index (κ3) is 3.00. The standard InChI is InChI=1S/C14H20N2O2/c1-12-4-2-8-16(10-12)14(18)6-9-15-7-3-5-13(15)11-17/h3,5,7,11-12H,2,4,6,8-10H2,1H3. The van der Waals surface area contributed by atoms with Crippen molar-refractivity contribution < 1.29 is 9.59 Å². The van der Waals surface area contributed by atoms with Gasteiger partial charge in [0.15, 0.2) is 6.29 Å². The zero-order valence-electron chi connectivity index (χ0n) is 10.8. The van der Waals surface area contributed by atoms with Crippen LogP contribution in [0.25, 0.3) is 0 Å². The van der Waals surface area contributed by atoms with Gasteiger partial charge in [-0.25, -0.2) is 0 Å². The van der Waals surface area contributed by atoms with Crippen molar-refractivity contribution in [3.05, 3.63) is 24.0 Å². The normalized spacial score (nSPS) is 19.8. The molecule has 4 nitrogen and oxygen atoms in total. The second kappa shape index (κ2) is 5.85.